The lowest BCUT2D eigenvalue weighted by Crippen LogP contribution is -2.55. The van der Waals surface area contributed by atoms with Gasteiger partial charge in [-0.2, -0.15) is 0 Å². The van der Waals surface area contributed by atoms with Crippen molar-refractivity contribution in [3.05, 3.63) is 29.8 Å². The van der Waals surface area contributed by atoms with E-state index in [4.69, 9.17) is 10.5 Å². The molecule has 19 heavy (non-hydrogen) atoms. The zero-order chi connectivity index (χ0) is 14.0. The number of esters is 1. The molecule has 1 aliphatic carbocycles. The maximum atomic E-state index is 13.4. The molecule has 0 aliphatic heterocycles. The second kappa shape index (κ2) is 5.13. The third-order valence-electron chi connectivity index (χ3n) is 3.25. The Bertz CT molecular complexity index is 471. The maximum absolute atomic E-state index is 13.4. The number of para-hydroxylation sites is 1. The molecule has 1 aromatic carbocycles. The third kappa shape index (κ3) is 2.68. The lowest BCUT2D eigenvalue weighted by Gasteiger charge is -2.26. The van der Waals surface area contributed by atoms with Gasteiger partial charge in [-0.05, 0) is 30.9 Å². The summed E-state index contributed by atoms with van der Waals surface area (Å²) in [5, 5.41) is 0. The summed E-state index contributed by atoms with van der Waals surface area (Å²) < 4.78 is 36.5. The largest absolute Gasteiger partial charge is 0.485 e. The number of nitrogens with two attached hydrogens (primary N) is 1. The van der Waals surface area contributed by atoms with Crippen LogP contribution in [0.4, 0.5) is 8.78 Å². The van der Waals surface area contributed by atoms with E-state index in [0.717, 1.165) is 25.0 Å². The second-order valence-corrected chi connectivity index (χ2v) is 4.65. The van der Waals surface area contributed by atoms with Crippen molar-refractivity contribution >= 4 is 5.97 Å². The first-order valence-electron chi connectivity index (χ1n) is 5.93. The summed E-state index contributed by atoms with van der Waals surface area (Å²) in [5.41, 5.74) is 4.60. The number of carbonyl (C=O) groups excluding carboxylic acids is 1. The first kappa shape index (κ1) is 13.7. The highest BCUT2D eigenvalue weighted by molar-refractivity contribution is 5.81. The molecule has 1 fully saturated rings. The molecule has 4 nitrogen and oxygen atoms in total. The van der Waals surface area contributed by atoms with Gasteiger partial charge in [0.15, 0.2) is 22.9 Å². The molecule has 0 aromatic heterocycles. The average Bonchev–Trinajstić information content (AvgIpc) is 3.21. The molecule has 6 heteroatoms. The van der Waals surface area contributed by atoms with E-state index in [1.165, 1.54) is 13.2 Å². The Balaban J connectivity index is 2.13. The molecule has 1 atom stereocenters. The van der Waals surface area contributed by atoms with Gasteiger partial charge in [-0.1, -0.05) is 6.07 Å². The van der Waals surface area contributed by atoms with Gasteiger partial charge >= 0.3 is 5.97 Å². The Morgan fingerprint density at radius 2 is 2.00 bits per heavy atom. The van der Waals surface area contributed by atoms with Gasteiger partial charge in [-0.15, -0.1) is 0 Å². The Kier molecular flexibility index (Phi) is 3.71. The van der Waals surface area contributed by atoms with Gasteiger partial charge in [-0.25, -0.2) is 13.6 Å². The SMILES string of the molecule is COC(=O)C(N)(COc1c(F)cccc1F)C1CC1. The van der Waals surface area contributed by atoms with Crippen molar-refractivity contribution in [3.8, 4) is 5.75 Å². The lowest BCUT2D eigenvalue weighted by atomic mass is 9.96. The van der Waals surface area contributed by atoms with Crippen molar-refractivity contribution in [2.75, 3.05) is 13.7 Å². The van der Waals surface area contributed by atoms with Gasteiger partial charge in [0.05, 0.1) is 7.11 Å². The van der Waals surface area contributed by atoms with Gasteiger partial charge in [0.25, 0.3) is 0 Å². The molecule has 104 valence electrons. The van der Waals surface area contributed by atoms with E-state index in [-0.39, 0.29) is 12.5 Å². The van der Waals surface area contributed by atoms with Crippen molar-refractivity contribution in [2.45, 2.75) is 18.4 Å². The minimum Gasteiger partial charge on any atom is -0.485 e. The van der Waals surface area contributed by atoms with E-state index in [0.29, 0.717) is 0 Å². The number of rotatable bonds is 5. The number of benzene rings is 1. The molecular weight excluding hydrogens is 256 g/mol. The normalized spacial score (nSPS) is 17.7. The Morgan fingerprint density at radius 1 is 1.42 bits per heavy atom. The predicted octanol–water partition coefficient (Wildman–Crippen LogP) is 1.62. The molecule has 1 saturated carbocycles. The summed E-state index contributed by atoms with van der Waals surface area (Å²) in [7, 11) is 1.22. The van der Waals surface area contributed by atoms with E-state index in [2.05, 4.69) is 4.74 Å². The molecule has 0 radical (unpaired) electrons. The van der Waals surface area contributed by atoms with Gasteiger partial charge in [0.1, 0.15) is 6.61 Å². The van der Waals surface area contributed by atoms with Gasteiger partial charge < -0.3 is 15.2 Å². The second-order valence-electron chi connectivity index (χ2n) is 4.65. The van der Waals surface area contributed by atoms with Crippen LogP contribution in [-0.4, -0.2) is 25.2 Å². The molecule has 0 spiro atoms. The molecule has 0 saturated heterocycles. The summed E-state index contributed by atoms with van der Waals surface area (Å²) in [6.07, 6.45) is 1.55. The van der Waals surface area contributed by atoms with Crippen LogP contribution in [0, 0.1) is 17.6 Å². The highest BCUT2D eigenvalue weighted by Gasteiger charge is 2.50. The molecule has 1 aromatic rings. The van der Waals surface area contributed by atoms with Crippen LogP contribution in [0.1, 0.15) is 12.8 Å². The maximum Gasteiger partial charge on any atom is 0.329 e. The minimum atomic E-state index is -1.36. The fourth-order valence-corrected chi connectivity index (χ4v) is 1.94. The highest BCUT2D eigenvalue weighted by Crippen LogP contribution is 2.39. The van der Waals surface area contributed by atoms with Crippen LogP contribution in [0.15, 0.2) is 18.2 Å². The smallest absolute Gasteiger partial charge is 0.329 e. The number of ether oxygens (including phenoxy) is 2. The van der Waals surface area contributed by atoms with E-state index in [1.807, 2.05) is 0 Å². The Morgan fingerprint density at radius 3 is 2.47 bits per heavy atom. The summed E-state index contributed by atoms with van der Waals surface area (Å²) in [6, 6.07) is 3.38. The van der Waals surface area contributed by atoms with Crippen LogP contribution in [0.5, 0.6) is 5.75 Å². The summed E-state index contributed by atoms with van der Waals surface area (Å²) in [4.78, 5) is 11.7. The quantitative estimate of drug-likeness (QED) is 0.827. The number of hydrogen-bond donors (Lipinski definition) is 1. The Hall–Kier alpha value is -1.69. The molecule has 1 aliphatic rings. The van der Waals surface area contributed by atoms with E-state index >= 15 is 0 Å². The molecule has 0 heterocycles. The number of hydrogen-bond acceptors (Lipinski definition) is 4. The Labute approximate surface area is 109 Å². The zero-order valence-corrected chi connectivity index (χ0v) is 10.5. The van der Waals surface area contributed by atoms with Crippen LogP contribution in [-0.2, 0) is 9.53 Å². The van der Waals surface area contributed by atoms with E-state index in [9.17, 15) is 13.6 Å². The lowest BCUT2D eigenvalue weighted by molar-refractivity contribution is -0.149. The molecule has 2 rings (SSSR count). The van der Waals surface area contributed by atoms with Crippen LogP contribution in [0.25, 0.3) is 0 Å². The van der Waals surface area contributed by atoms with Crippen molar-refractivity contribution in [1.82, 2.24) is 0 Å². The monoisotopic (exact) mass is 271 g/mol. The highest BCUT2D eigenvalue weighted by atomic mass is 19.1. The van der Waals surface area contributed by atoms with Crippen LogP contribution in [0.3, 0.4) is 0 Å². The number of halogens is 2. The molecule has 2 N–H and O–H groups in total. The van der Waals surface area contributed by atoms with Gasteiger partial charge in [0, 0.05) is 0 Å². The standard InChI is InChI=1S/C13H15F2NO3/c1-18-12(17)13(16,8-5-6-8)7-19-11-9(14)3-2-4-10(11)15/h2-4,8H,5-7,16H2,1H3. The van der Waals surface area contributed by atoms with Crippen LogP contribution < -0.4 is 10.5 Å². The minimum absolute atomic E-state index is 0.0743. The first-order chi connectivity index (χ1) is 8.99. The van der Waals surface area contributed by atoms with E-state index in [1.54, 1.807) is 0 Å². The summed E-state index contributed by atoms with van der Waals surface area (Å²) >= 11 is 0. The average molecular weight is 271 g/mol. The van der Waals surface area contributed by atoms with E-state index < -0.39 is 28.9 Å². The first-order valence-corrected chi connectivity index (χ1v) is 5.93. The molecule has 1 unspecified atom stereocenters. The number of methoxy groups -OCH3 is 1. The van der Waals surface area contributed by atoms with Crippen molar-refractivity contribution in [2.24, 2.45) is 11.7 Å². The summed E-state index contributed by atoms with van der Waals surface area (Å²) in [5.74, 6) is -2.89. The van der Waals surface area contributed by atoms with Crippen LogP contribution >= 0.6 is 0 Å². The fourth-order valence-electron chi connectivity index (χ4n) is 1.94. The van der Waals surface area contributed by atoms with Crippen molar-refractivity contribution in [1.29, 1.82) is 0 Å². The molecule has 0 bridgehead atoms. The molecule has 0 amide bonds. The summed E-state index contributed by atoms with van der Waals surface area (Å²) in [6.45, 7) is -0.317. The molecular formula is C13H15F2NO3. The van der Waals surface area contributed by atoms with Crippen molar-refractivity contribution < 1.29 is 23.0 Å². The topological polar surface area (TPSA) is 61.5 Å². The number of carbonyl (C=O) groups is 1. The van der Waals surface area contributed by atoms with Gasteiger partial charge in [-0.3, -0.25) is 0 Å². The predicted molar refractivity (Wildman–Crippen MR) is 63.5 cm³/mol. The fraction of sp³-hybridized carbons (Fsp3) is 0.462. The van der Waals surface area contributed by atoms with Gasteiger partial charge in [0.2, 0.25) is 0 Å². The third-order valence-corrected chi connectivity index (χ3v) is 3.25. The van der Waals surface area contributed by atoms with Crippen LogP contribution in [0.2, 0.25) is 0 Å². The van der Waals surface area contributed by atoms with Crippen molar-refractivity contribution in [3.63, 3.8) is 0 Å². The zero-order valence-electron chi connectivity index (χ0n) is 10.5.